The number of sulfone groups is 1. The molecular weight excluding hydrogens is 342 g/mol. The molecule has 0 unspecified atom stereocenters. The molecule has 2 aromatic carbocycles. The van der Waals surface area contributed by atoms with Gasteiger partial charge >= 0.3 is 0 Å². The minimum absolute atomic E-state index is 0.140. The van der Waals surface area contributed by atoms with E-state index in [1.807, 2.05) is 0 Å². The largest absolute Gasteiger partial charge is 0.496 e. The molecule has 0 aliphatic heterocycles. The molecule has 106 valence electrons. The van der Waals surface area contributed by atoms with Gasteiger partial charge in [-0.25, -0.2) is 8.42 Å². The maximum Gasteiger partial charge on any atom is 0.182 e. The Morgan fingerprint density at radius 1 is 1.20 bits per heavy atom. The van der Waals surface area contributed by atoms with E-state index in [1.54, 1.807) is 30.3 Å². The molecule has 0 amide bonds. The second-order valence-electron chi connectivity index (χ2n) is 4.29. The van der Waals surface area contributed by atoms with Crippen LogP contribution in [0.2, 0.25) is 0 Å². The predicted molar refractivity (Wildman–Crippen MR) is 82.4 cm³/mol. The van der Waals surface area contributed by atoms with Crippen LogP contribution in [0.25, 0.3) is 0 Å². The minimum atomic E-state index is -3.47. The smallest absolute Gasteiger partial charge is 0.182 e. The number of rotatable bonds is 4. The van der Waals surface area contributed by atoms with Crippen molar-refractivity contribution < 1.29 is 13.2 Å². The fraction of sp³-hybridized carbons (Fsp3) is 0.143. The lowest BCUT2D eigenvalue weighted by molar-refractivity contribution is 0.411. The molecule has 0 spiro atoms. The molecule has 2 N–H and O–H groups in total. The van der Waals surface area contributed by atoms with Crippen LogP contribution < -0.4 is 10.5 Å². The molecule has 2 rings (SSSR count). The van der Waals surface area contributed by atoms with Crippen molar-refractivity contribution in [1.29, 1.82) is 0 Å². The van der Waals surface area contributed by atoms with Crippen LogP contribution in [0.15, 0.2) is 51.8 Å². The minimum Gasteiger partial charge on any atom is -0.496 e. The van der Waals surface area contributed by atoms with Gasteiger partial charge in [0.15, 0.2) is 9.84 Å². The third kappa shape index (κ3) is 3.32. The van der Waals surface area contributed by atoms with E-state index in [9.17, 15) is 8.42 Å². The van der Waals surface area contributed by atoms with Gasteiger partial charge in [0.25, 0.3) is 0 Å². The van der Waals surface area contributed by atoms with E-state index in [-0.39, 0.29) is 10.6 Å². The van der Waals surface area contributed by atoms with E-state index in [4.69, 9.17) is 10.5 Å². The number of ether oxygens (including phenoxy) is 1. The molecule has 0 bridgehead atoms. The van der Waals surface area contributed by atoms with E-state index in [0.29, 0.717) is 17.0 Å². The Labute approximate surface area is 126 Å². The van der Waals surface area contributed by atoms with E-state index in [2.05, 4.69) is 15.9 Å². The SMILES string of the molecule is COc1ccc(Br)cc1CS(=O)(=O)c1cccc(N)c1. The van der Waals surface area contributed by atoms with E-state index >= 15 is 0 Å². The van der Waals surface area contributed by atoms with E-state index in [0.717, 1.165) is 4.47 Å². The van der Waals surface area contributed by atoms with Crippen molar-refractivity contribution >= 4 is 31.5 Å². The summed E-state index contributed by atoms with van der Waals surface area (Å²) in [5.41, 5.74) is 6.66. The lowest BCUT2D eigenvalue weighted by atomic mass is 10.2. The van der Waals surface area contributed by atoms with Crippen molar-refractivity contribution in [2.24, 2.45) is 0 Å². The number of anilines is 1. The first kappa shape index (κ1) is 14.9. The zero-order valence-electron chi connectivity index (χ0n) is 10.8. The molecule has 0 heterocycles. The van der Waals surface area contributed by atoms with Crippen LogP contribution >= 0.6 is 15.9 Å². The second kappa shape index (κ2) is 5.85. The van der Waals surface area contributed by atoms with Crippen LogP contribution in [0.1, 0.15) is 5.56 Å². The van der Waals surface area contributed by atoms with E-state index < -0.39 is 9.84 Å². The highest BCUT2D eigenvalue weighted by Gasteiger charge is 2.18. The summed E-state index contributed by atoms with van der Waals surface area (Å²) in [7, 11) is -1.95. The molecule has 6 heteroatoms. The van der Waals surface area contributed by atoms with Crippen molar-refractivity contribution in [2.75, 3.05) is 12.8 Å². The Morgan fingerprint density at radius 3 is 2.60 bits per heavy atom. The van der Waals surface area contributed by atoms with E-state index in [1.165, 1.54) is 19.2 Å². The number of nitrogens with two attached hydrogens (primary N) is 1. The zero-order chi connectivity index (χ0) is 14.8. The van der Waals surface area contributed by atoms with Crippen molar-refractivity contribution in [3.05, 3.63) is 52.5 Å². The fourth-order valence-electron chi connectivity index (χ4n) is 1.86. The molecule has 2 aromatic rings. The number of hydrogen-bond acceptors (Lipinski definition) is 4. The monoisotopic (exact) mass is 355 g/mol. The number of hydrogen-bond donors (Lipinski definition) is 1. The number of halogens is 1. The lowest BCUT2D eigenvalue weighted by Crippen LogP contribution is -2.06. The molecule has 0 radical (unpaired) electrons. The van der Waals surface area contributed by atoms with Crippen molar-refractivity contribution in [3.8, 4) is 5.75 Å². The third-order valence-corrected chi connectivity index (χ3v) is 4.96. The van der Waals surface area contributed by atoms with Gasteiger partial charge in [0.1, 0.15) is 5.75 Å². The summed E-state index contributed by atoms with van der Waals surface area (Å²) in [6, 6.07) is 11.5. The maximum atomic E-state index is 12.4. The van der Waals surface area contributed by atoms with Gasteiger partial charge in [-0.1, -0.05) is 22.0 Å². The van der Waals surface area contributed by atoms with Crippen LogP contribution in [0, 0.1) is 0 Å². The van der Waals surface area contributed by atoms with Crippen LogP contribution in [-0.2, 0) is 15.6 Å². The van der Waals surface area contributed by atoms with Gasteiger partial charge in [-0.05, 0) is 36.4 Å². The quantitative estimate of drug-likeness (QED) is 0.855. The first-order valence-electron chi connectivity index (χ1n) is 5.83. The Morgan fingerprint density at radius 2 is 1.95 bits per heavy atom. The van der Waals surface area contributed by atoms with Gasteiger partial charge in [0.2, 0.25) is 0 Å². The molecule has 0 aromatic heterocycles. The summed E-state index contributed by atoms with van der Waals surface area (Å²) in [5, 5.41) is 0. The van der Waals surface area contributed by atoms with Gasteiger partial charge in [0.05, 0.1) is 17.8 Å². The standard InChI is InChI=1S/C14H14BrNO3S/c1-19-14-6-5-11(15)7-10(14)9-20(17,18)13-4-2-3-12(16)8-13/h2-8H,9,16H2,1H3. The first-order valence-corrected chi connectivity index (χ1v) is 8.27. The number of benzene rings is 2. The molecule has 4 nitrogen and oxygen atoms in total. The second-order valence-corrected chi connectivity index (χ2v) is 7.19. The third-order valence-electron chi connectivity index (χ3n) is 2.81. The summed E-state index contributed by atoms with van der Waals surface area (Å²) in [6.45, 7) is 0. The summed E-state index contributed by atoms with van der Waals surface area (Å²) in [4.78, 5) is 0.208. The number of methoxy groups -OCH3 is 1. The topological polar surface area (TPSA) is 69.4 Å². The molecule has 0 aliphatic rings. The fourth-order valence-corrected chi connectivity index (χ4v) is 3.67. The Hall–Kier alpha value is -1.53. The number of nitrogen functional groups attached to an aromatic ring is 1. The molecule has 0 aliphatic carbocycles. The predicted octanol–water partition coefficient (Wildman–Crippen LogP) is 3.01. The summed E-state index contributed by atoms with van der Waals surface area (Å²) < 4.78 is 30.8. The normalized spacial score (nSPS) is 11.3. The average molecular weight is 356 g/mol. The molecule has 0 fully saturated rings. The highest BCUT2D eigenvalue weighted by atomic mass is 79.9. The van der Waals surface area contributed by atoms with Gasteiger partial charge < -0.3 is 10.5 Å². The molecule has 0 saturated heterocycles. The van der Waals surface area contributed by atoms with Crippen LogP contribution in [0.3, 0.4) is 0 Å². The van der Waals surface area contributed by atoms with Crippen molar-refractivity contribution in [1.82, 2.24) is 0 Å². The summed E-state index contributed by atoms with van der Waals surface area (Å²) in [5.74, 6) is 0.402. The average Bonchev–Trinajstić information content (AvgIpc) is 2.38. The van der Waals surface area contributed by atoms with Gasteiger partial charge in [0, 0.05) is 15.7 Å². The van der Waals surface area contributed by atoms with Crippen LogP contribution in [0.5, 0.6) is 5.75 Å². The van der Waals surface area contributed by atoms with Gasteiger partial charge in [-0.15, -0.1) is 0 Å². The summed E-state index contributed by atoms with van der Waals surface area (Å²) in [6.07, 6.45) is 0. The van der Waals surface area contributed by atoms with Gasteiger partial charge in [-0.3, -0.25) is 0 Å². The maximum absolute atomic E-state index is 12.4. The van der Waals surface area contributed by atoms with Gasteiger partial charge in [-0.2, -0.15) is 0 Å². The molecule has 0 atom stereocenters. The first-order chi connectivity index (χ1) is 9.42. The molecule has 0 saturated carbocycles. The van der Waals surface area contributed by atoms with Crippen LogP contribution in [-0.4, -0.2) is 15.5 Å². The van der Waals surface area contributed by atoms with Crippen molar-refractivity contribution in [3.63, 3.8) is 0 Å². The van der Waals surface area contributed by atoms with Crippen LogP contribution in [0.4, 0.5) is 5.69 Å². The zero-order valence-corrected chi connectivity index (χ0v) is 13.2. The highest BCUT2D eigenvalue weighted by Crippen LogP contribution is 2.27. The Balaban J connectivity index is 2.40. The summed E-state index contributed by atoms with van der Waals surface area (Å²) >= 11 is 3.33. The lowest BCUT2D eigenvalue weighted by Gasteiger charge is -2.10. The Bertz CT molecular complexity index is 729. The highest BCUT2D eigenvalue weighted by molar-refractivity contribution is 9.10. The van der Waals surface area contributed by atoms with Crippen molar-refractivity contribution in [2.45, 2.75) is 10.6 Å². The molecular formula is C14H14BrNO3S. The Kier molecular flexibility index (Phi) is 4.35. The molecule has 20 heavy (non-hydrogen) atoms.